The summed E-state index contributed by atoms with van der Waals surface area (Å²) in [5.74, 6) is -2.47. The molecule has 0 aliphatic carbocycles. The van der Waals surface area contributed by atoms with E-state index >= 15 is 0 Å². The number of hydrogen-bond acceptors (Lipinski definition) is 4. The predicted octanol–water partition coefficient (Wildman–Crippen LogP) is -0.207. The van der Waals surface area contributed by atoms with Gasteiger partial charge in [-0.1, -0.05) is 0 Å². The van der Waals surface area contributed by atoms with Crippen molar-refractivity contribution in [1.82, 2.24) is 0 Å². The predicted molar refractivity (Wildman–Crippen MR) is 29.9 cm³/mol. The molecule has 0 spiro atoms. The molecule has 0 fully saturated rings. The van der Waals surface area contributed by atoms with Crippen LogP contribution in [0.3, 0.4) is 0 Å². The Morgan fingerprint density at radius 2 is 2.00 bits per heavy atom. The van der Waals surface area contributed by atoms with E-state index in [0.717, 1.165) is 0 Å². The van der Waals surface area contributed by atoms with Crippen molar-refractivity contribution in [3.63, 3.8) is 0 Å². The maximum absolute atomic E-state index is 11.4. The first-order valence-corrected chi connectivity index (χ1v) is 2.94. The first-order valence-electron chi connectivity index (χ1n) is 2.94. The summed E-state index contributed by atoms with van der Waals surface area (Å²) in [5, 5.41) is 16.6. The SMILES string of the molecule is O=C(OC(O)CCO)C(F)(F)F. The fourth-order valence-corrected chi connectivity index (χ4v) is 0.360. The Hall–Kier alpha value is -0.820. The van der Waals surface area contributed by atoms with Crippen LogP contribution in [0.4, 0.5) is 13.2 Å². The van der Waals surface area contributed by atoms with E-state index in [2.05, 4.69) is 4.74 Å². The lowest BCUT2D eigenvalue weighted by Gasteiger charge is -2.11. The number of aliphatic hydroxyl groups excluding tert-OH is 2. The smallest absolute Gasteiger partial charge is 0.429 e. The largest absolute Gasteiger partial charge is 0.491 e. The van der Waals surface area contributed by atoms with Crippen molar-refractivity contribution in [3.8, 4) is 0 Å². The molecule has 1 unspecified atom stereocenters. The molecule has 0 saturated carbocycles. The van der Waals surface area contributed by atoms with Crippen LogP contribution >= 0.6 is 0 Å². The summed E-state index contributed by atoms with van der Waals surface area (Å²) in [5.41, 5.74) is 0. The molecule has 0 aliphatic rings. The van der Waals surface area contributed by atoms with Crippen LogP contribution < -0.4 is 0 Å². The summed E-state index contributed by atoms with van der Waals surface area (Å²) in [4.78, 5) is 9.96. The molecule has 0 heterocycles. The molecule has 0 rings (SSSR count). The van der Waals surface area contributed by atoms with Crippen LogP contribution in [0.25, 0.3) is 0 Å². The lowest BCUT2D eigenvalue weighted by atomic mass is 10.4. The Morgan fingerprint density at radius 1 is 1.50 bits per heavy atom. The summed E-state index contributed by atoms with van der Waals surface area (Å²) in [6.07, 6.45) is -7.47. The van der Waals surface area contributed by atoms with Gasteiger partial charge < -0.3 is 14.9 Å². The second-order valence-electron chi connectivity index (χ2n) is 1.87. The Labute approximate surface area is 65.6 Å². The van der Waals surface area contributed by atoms with Crippen LogP contribution in [-0.2, 0) is 9.53 Å². The lowest BCUT2D eigenvalue weighted by molar-refractivity contribution is -0.220. The van der Waals surface area contributed by atoms with E-state index in [0.29, 0.717) is 0 Å². The van der Waals surface area contributed by atoms with Gasteiger partial charge in [0.15, 0.2) is 0 Å². The van der Waals surface area contributed by atoms with Crippen LogP contribution in [0.2, 0.25) is 0 Å². The van der Waals surface area contributed by atoms with Crippen molar-refractivity contribution in [1.29, 1.82) is 0 Å². The van der Waals surface area contributed by atoms with Gasteiger partial charge in [-0.05, 0) is 0 Å². The van der Waals surface area contributed by atoms with E-state index < -0.39 is 31.5 Å². The second kappa shape index (κ2) is 4.27. The molecule has 4 nitrogen and oxygen atoms in total. The zero-order valence-electron chi connectivity index (χ0n) is 5.84. The molecular weight excluding hydrogens is 181 g/mol. The highest BCUT2D eigenvalue weighted by Crippen LogP contribution is 2.17. The van der Waals surface area contributed by atoms with Crippen LogP contribution in [0.1, 0.15) is 6.42 Å². The molecule has 1 atom stereocenters. The first-order chi connectivity index (χ1) is 5.38. The maximum atomic E-state index is 11.4. The van der Waals surface area contributed by atoms with E-state index in [1.165, 1.54) is 0 Å². The van der Waals surface area contributed by atoms with E-state index in [9.17, 15) is 18.0 Å². The molecule has 0 radical (unpaired) electrons. The van der Waals surface area contributed by atoms with E-state index in [-0.39, 0.29) is 0 Å². The number of hydrogen-bond donors (Lipinski definition) is 2. The van der Waals surface area contributed by atoms with Gasteiger partial charge in [0.25, 0.3) is 0 Å². The molecule has 0 amide bonds. The third kappa shape index (κ3) is 4.14. The minimum Gasteiger partial charge on any atom is -0.429 e. The molecule has 7 heteroatoms. The average molecular weight is 188 g/mol. The molecule has 0 aromatic heterocycles. The number of carbonyl (C=O) groups excluding carboxylic acids is 1. The van der Waals surface area contributed by atoms with Crippen molar-refractivity contribution in [2.75, 3.05) is 6.61 Å². The van der Waals surface area contributed by atoms with Gasteiger partial charge in [-0.3, -0.25) is 0 Å². The fourth-order valence-electron chi connectivity index (χ4n) is 0.360. The first kappa shape index (κ1) is 11.2. The summed E-state index contributed by atoms with van der Waals surface area (Å²) < 4.78 is 37.7. The third-order valence-corrected chi connectivity index (χ3v) is 0.851. The molecule has 0 bridgehead atoms. The molecule has 0 aromatic carbocycles. The Morgan fingerprint density at radius 3 is 2.33 bits per heavy atom. The van der Waals surface area contributed by atoms with Crippen LogP contribution in [0.5, 0.6) is 0 Å². The van der Waals surface area contributed by atoms with Crippen LogP contribution in [0.15, 0.2) is 0 Å². The molecule has 2 N–H and O–H groups in total. The number of esters is 1. The van der Waals surface area contributed by atoms with Crippen LogP contribution in [0, 0.1) is 0 Å². The van der Waals surface area contributed by atoms with Crippen molar-refractivity contribution >= 4 is 5.97 Å². The standard InChI is InChI=1S/C5H7F3O4/c6-5(7,8)4(11)12-3(10)1-2-9/h3,9-10H,1-2H2. The highest BCUT2D eigenvalue weighted by molar-refractivity contribution is 5.75. The van der Waals surface area contributed by atoms with Gasteiger partial charge in [-0.25, -0.2) is 4.79 Å². The monoisotopic (exact) mass is 188 g/mol. The zero-order valence-corrected chi connectivity index (χ0v) is 5.84. The van der Waals surface area contributed by atoms with E-state index in [4.69, 9.17) is 10.2 Å². The van der Waals surface area contributed by atoms with Crippen LogP contribution in [-0.4, -0.2) is 35.3 Å². The maximum Gasteiger partial charge on any atom is 0.491 e. The number of ether oxygens (including phenoxy) is 1. The van der Waals surface area contributed by atoms with Gasteiger partial charge in [-0.15, -0.1) is 0 Å². The Kier molecular flexibility index (Phi) is 3.98. The van der Waals surface area contributed by atoms with Crippen molar-refractivity contribution < 1.29 is 32.9 Å². The lowest BCUT2D eigenvalue weighted by Crippen LogP contribution is -2.30. The molecule has 72 valence electrons. The van der Waals surface area contributed by atoms with Gasteiger partial charge in [0.1, 0.15) is 0 Å². The summed E-state index contributed by atoms with van der Waals surface area (Å²) in [6, 6.07) is 0. The minimum absolute atomic E-state index is 0.443. The van der Waals surface area contributed by atoms with E-state index in [1.807, 2.05) is 0 Å². The third-order valence-electron chi connectivity index (χ3n) is 0.851. The van der Waals surface area contributed by atoms with E-state index in [1.54, 1.807) is 0 Å². The summed E-state index contributed by atoms with van der Waals surface area (Å²) in [6.45, 7) is -0.563. The van der Waals surface area contributed by atoms with Gasteiger partial charge in [-0.2, -0.15) is 13.2 Å². The number of halogens is 3. The van der Waals surface area contributed by atoms with Crippen molar-refractivity contribution in [2.45, 2.75) is 18.9 Å². The average Bonchev–Trinajstić information content (AvgIpc) is 1.85. The minimum atomic E-state index is -5.11. The van der Waals surface area contributed by atoms with Gasteiger partial charge >= 0.3 is 12.1 Å². The quantitative estimate of drug-likeness (QED) is 0.475. The number of rotatable bonds is 3. The molecule has 12 heavy (non-hydrogen) atoms. The zero-order chi connectivity index (χ0) is 9.78. The molecule has 0 saturated heterocycles. The van der Waals surface area contributed by atoms with Gasteiger partial charge in [0.05, 0.1) is 0 Å². The molecule has 0 aromatic rings. The number of aliphatic hydroxyl groups is 2. The highest BCUT2D eigenvalue weighted by atomic mass is 19.4. The highest BCUT2D eigenvalue weighted by Gasteiger charge is 2.42. The molecule has 0 aliphatic heterocycles. The number of carbonyl (C=O) groups is 1. The van der Waals surface area contributed by atoms with Gasteiger partial charge in [0, 0.05) is 13.0 Å². The summed E-state index contributed by atoms with van der Waals surface area (Å²) >= 11 is 0. The second-order valence-corrected chi connectivity index (χ2v) is 1.87. The Balaban J connectivity index is 3.85. The van der Waals surface area contributed by atoms with Crippen molar-refractivity contribution in [2.24, 2.45) is 0 Å². The number of alkyl halides is 3. The van der Waals surface area contributed by atoms with Crippen molar-refractivity contribution in [3.05, 3.63) is 0 Å². The summed E-state index contributed by atoms with van der Waals surface area (Å²) in [7, 11) is 0. The Bertz CT molecular complexity index is 155. The topological polar surface area (TPSA) is 66.8 Å². The van der Waals surface area contributed by atoms with Gasteiger partial charge in [0.2, 0.25) is 6.29 Å². The normalized spacial score (nSPS) is 14.1. The fraction of sp³-hybridized carbons (Fsp3) is 0.800. The molecular formula is C5H7F3O4.